The fourth-order valence-corrected chi connectivity index (χ4v) is 3.38. The number of amides is 1. The average Bonchev–Trinajstić information content (AvgIpc) is 2.61. The van der Waals surface area contributed by atoms with Gasteiger partial charge in [-0.1, -0.05) is 42.5 Å². The Morgan fingerprint density at radius 2 is 1.72 bits per heavy atom. The van der Waals surface area contributed by atoms with E-state index >= 15 is 0 Å². The summed E-state index contributed by atoms with van der Waals surface area (Å²) in [5.41, 5.74) is 1.41. The Kier molecular flexibility index (Phi) is 6.55. The molecule has 2 aromatic rings. The molecular weight excluding hydrogens is 340 g/mol. The first-order valence-electron chi connectivity index (χ1n) is 7.83. The van der Waals surface area contributed by atoms with Gasteiger partial charge in [-0.15, -0.1) is 0 Å². The summed E-state index contributed by atoms with van der Waals surface area (Å²) in [6.45, 7) is 0.275. The zero-order valence-electron chi connectivity index (χ0n) is 14.3. The predicted octanol–water partition coefficient (Wildman–Crippen LogP) is 2.49. The number of sulfonamides is 1. The molecule has 0 saturated carbocycles. The van der Waals surface area contributed by atoms with Crippen LogP contribution in [0.2, 0.25) is 0 Å². The number of hydrogen-bond acceptors (Lipinski definition) is 4. The van der Waals surface area contributed by atoms with Crippen LogP contribution in [0.25, 0.3) is 0 Å². The Morgan fingerprint density at radius 3 is 2.40 bits per heavy atom. The SMILES string of the molecule is COc1ccccc1NC(=O)CCS(=O)(=O)N(C)Cc1ccccc1. The molecule has 0 fully saturated rings. The van der Waals surface area contributed by atoms with E-state index in [1.807, 2.05) is 30.3 Å². The van der Waals surface area contributed by atoms with Gasteiger partial charge in [0.05, 0.1) is 18.6 Å². The van der Waals surface area contributed by atoms with Crippen LogP contribution < -0.4 is 10.1 Å². The Morgan fingerprint density at radius 1 is 1.08 bits per heavy atom. The van der Waals surface area contributed by atoms with Crippen LogP contribution in [0.1, 0.15) is 12.0 Å². The van der Waals surface area contributed by atoms with Crippen LogP contribution in [0.15, 0.2) is 54.6 Å². The Balaban J connectivity index is 1.91. The van der Waals surface area contributed by atoms with Crippen molar-refractivity contribution in [1.29, 1.82) is 0 Å². The van der Waals surface area contributed by atoms with Gasteiger partial charge in [-0.3, -0.25) is 4.79 Å². The van der Waals surface area contributed by atoms with Gasteiger partial charge in [-0.05, 0) is 17.7 Å². The van der Waals surface area contributed by atoms with Gasteiger partial charge in [0.1, 0.15) is 5.75 Å². The number of nitrogens with zero attached hydrogens (tertiary/aromatic N) is 1. The summed E-state index contributed by atoms with van der Waals surface area (Å²) in [4.78, 5) is 12.1. The minimum atomic E-state index is -3.52. The third-order valence-corrected chi connectivity index (χ3v) is 5.49. The van der Waals surface area contributed by atoms with Crippen molar-refractivity contribution in [3.63, 3.8) is 0 Å². The number of nitrogens with one attached hydrogen (secondary N) is 1. The Bertz CT molecular complexity index is 807. The zero-order valence-corrected chi connectivity index (χ0v) is 15.1. The highest BCUT2D eigenvalue weighted by atomic mass is 32.2. The summed E-state index contributed by atoms with van der Waals surface area (Å²) < 4.78 is 31.1. The van der Waals surface area contributed by atoms with E-state index in [1.54, 1.807) is 24.3 Å². The molecule has 1 amide bonds. The molecule has 134 valence electrons. The van der Waals surface area contributed by atoms with Crippen molar-refractivity contribution >= 4 is 21.6 Å². The number of carbonyl (C=O) groups excluding carboxylic acids is 1. The van der Waals surface area contributed by atoms with Gasteiger partial charge in [-0.25, -0.2) is 12.7 Å². The van der Waals surface area contributed by atoms with Gasteiger partial charge in [0.2, 0.25) is 15.9 Å². The highest BCUT2D eigenvalue weighted by Gasteiger charge is 2.20. The molecule has 0 aliphatic carbocycles. The maximum absolute atomic E-state index is 12.3. The van der Waals surface area contributed by atoms with E-state index in [-0.39, 0.29) is 24.6 Å². The topological polar surface area (TPSA) is 75.7 Å². The number of ether oxygens (including phenoxy) is 1. The summed E-state index contributed by atoms with van der Waals surface area (Å²) in [5.74, 6) is -0.0989. The smallest absolute Gasteiger partial charge is 0.225 e. The lowest BCUT2D eigenvalue weighted by Gasteiger charge is -2.17. The molecular formula is C18H22N2O4S. The predicted molar refractivity (Wildman–Crippen MR) is 97.9 cm³/mol. The number of benzene rings is 2. The van der Waals surface area contributed by atoms with Crippen LogP contribution in [0.4, 0.5) is 5.69 Å². The molecule has 2 rings (SSSR count). The van der Waals surface area contributed by atoms with Crippen LogP contribution in [-0.4, -0.2) is 38.5 Å². The lowest BCUT2D eigenvalue weighted by atomic mass is 10.2. The van der Waals surface area contributed by atoms with E-state index in [1.165, 1.54) is 18.5 Å². The maximum atomic E-state index is 12.3. The first-order valence-corrected chi connectivity index (χ1v) is 9.44. The molecule has 0 saturated heterocycles. The van der Waals surface area contributed by atoms with Gasteiger partial charge in [0.15, 0.2) is 0 Å². The van der Waals surface area contributed by atoms with E-state index in [4.69, 9.17) is 4.74 Å². The number of anilines is 1. The largest absolute Gasteiger partial charge is 0.495 e. The van der Waals surface area contributed by atoms with Crippen molar-refractivity contribution in [2.45, 2.75) is 13.0 Å². The second kappa shape index (κ2) is 8.64. The van der Waals surface area contributed by atoms with Crippen molar-refractivity contribution < 1.29 is 17.9 Å². The molecule has 2 aromatic carbocycles. The molecule has 6 nitrogen and oxygen atoms in total. The summed E-state index contributed by atoms with van der Waals surface area (Å²) in [5, 5.41) is 2.68. The summed E-state index contributed by atoms with van der Waals surface area (Å²) >= 11 is 0. The molecule has 0 bridgehead atoms. The average molecular weight is 362 g/mol. The van der Waals surface area contributed by atoms with Crippen LogP contribution in [-0.2, 0) is 21.4 Å². The molecule has 25 heavy (non-hydrogen) atoms. The highest BCUT2D eigenvalue weighted by Crippen LogP contribution is 2.23. The van der Waals surface area contributed by atoms with Gasteiger partial charge < -0.3 is 10.1 Å². The molecule has 0 atom stereocenters. The first-order chi connectivity index (χ1) is 11.9. The van der Waals surface area contributed by atoms with Gasteiger partial charge >= 0.3 is 0 Å². The minimum Gasteiger partial charge on any atom is -0.495 e. The monoisotopic (exact) mass is 362 g/mol. The molecule has 0 aliphatic rings. The number of carbonyl (C=O) groups is 1. The van der Waals surface area contributed by atoms with Gasteiger partial charge in [0, 0.05) is 20.0 Å². The van der Waals surface area contributed by atoms with Crippen molar-refractivity contribution in [1.82, 2.24) is 4.31 Å². The van der Waals surface area contributed by atoms with Crippen LogP contribution in [0.5, 0.6) is 5.75 Å². The zero-order chi connectivity index (χ0) is 18.3. The maximum Gasteiger partial charge on any atom is 0.225 e. The molecule has 7 heteroatoms. The summed E-state index contributed by atoms with van der Waals surface area (Å²) in [6, 6.07) is 16.3. The Labute approximate surface area is 148 Å². The molecule has 0 radical (unpaired) electrons. The third-order valence-electron chi connectivity index (χ3n) is 3.69. The van der Waals surface area contributed by atoms with Crippen LogP contribution in [0.3, 0.4) is 0 Å². The molecule has 1 N–H and O–H groups in total. The van der Waals surface area contributed by atoms with E-state index in [9.17, 15) is 13.2 Å². The molecule has 0 heterocycles. The van der Waals surface area contributed by atoms with E-state index in [0.29, 0.717) is 11.4 Å². The fraction of sp³-hybridized carbons (Fsp3) is 0.278. The second-order valence-corrected chi connectivity index (χ2v) is 7.75. The van der Waals surface area contributed by atoms with E-state index < -0.39 is 10.0 Å². The molecule has 0 unspecified atom stereocenters. The van der Waals surface area contributed by atoms with Gasteiger partial charge in [-0.2, -0.15) is 0 Å². The number of methoxy groups -OCH3 is 1. The van der Waals surface area contributed by atoms with Crippen molar-refractivity contribution in [3.05, 3.63) is 60.2 Å². The Hall–Kier alpha value is -2.38. The van der Waals surface area contributed by atoms with Crippen molar-refractivity contribution in [2.75, 3.05) is 25.2 Å². The minimum absolute atomic E-state index is 0.125. The first kappa shape index (κ1) is 19.0. The second-order valence-electron chi connectivity index (χ2n) is 5.56. The summed E-state index contributed by atoms with van der Waals surface area (Å²) in [6.07, 6.45) is -0.125. The van der Waals surface area contributed by atoms with E-state index in [0.717, 1.165) is 5.56 Å². The van der Waals surface area contributed by atoms with Crippen LogP contribution >= 0.6 is 0 Å². The normalized spacial score (nSPS) is 11.3. The molecule has 0 aliphatic heterocycles. The lowest BCUT2D eigenvalue weighted by molar-refractivity contribution is -0.115. The molecule has 0 aromatic heterocycles. The summed E-state index contributed by atoms with van der Waals surface area (Å²) in [7, 11) is -0.498. The fourth-order valence-electron chi connectivity index (χ4n) is 2.28. The van der Waals surface area contributed by atoms with Crippen molar-refractivity contribution in [2.24, 2.45) is 0 Å². The molecule has 0 spiro atoms. The van der Waals surface area contributed by atoms with Crippen LogP contribution in [0, 0.1) is 0 Å². The highest BCUT2D eigenvalue weighted by molar-refractivity contribution is 7.89. The number of rotatable bonds is 8. The third kappa shape index (κ3) is 5.58. The quantitative estimate of drug-likeness (QED) is 0.783. The van der Waals surface area contributed by atoms with Crippen molar-refractivity contribution in [3.8, 4) is 5.75 Å². The van der Waals surface area contributed by atoms with Gasteiger partial charge in [0.25, 0.3) is 0 Å². The number of hydrogen-bond donors (Lipinski definition) is 1. The standard InChI is InChI=1S/C18H22N2O4S/c1-20(14-15-8-4-3-5-9-15)25(22,23)13-12-18(21)19-16-10-6-7-11-17(16)24-2/h3-11H,12-14H2,1-2H3,(H,19,21). The number of para-hydroxylation sites is 2. The van der Waals surface area contributed by atoms with E-state index in [2.05, 4.69) is 5.32 Å². The lowest BCUT2D eigenvalue weighted by Crippen LogP contribution is -2.30.